The Morgan fingerprint density at radius 3 is 2.71 bits per heavy atom. The smallest absolute Gasteiger partial charge is 0.341 e. The van der Waals surface area contributed by atoms with E-state index in [-0.39, 0.29) is 11.5 Å². The summed E-state index contributed by atoms with van der Waals surface area (Å²) < 4.78 is 0. The number of rotatable bonds is 2. The molecule has 0 radical (unpaired) electrons. The van der Waals surface area contributed by atoms with Crippen molar-refractivity contribution in [2.45, 2.75) is 25.7 Å². The van der Waals surface area contributed by atoms with Crippen LogP contribution < -0.4 is 5.56 Å². The van der Waals surface area contributed by atoms with Crippen molar-refractivity contribution in [2.24, 2.45) is 0 Å². The van der Waals surface area contributed by atoms with Crippen molar-refractivity contribution in [3.8, 4) is 0 Å². The van der Waals surface area contributed by atoms with Crippen LogP contribution in [0.2, 0.25) is 0 Å². The van der Waals surface area contributed by atoms with Crippen molar-refractivity contribution in [2.75, 3.05) is 0 Å². The summed E-state index contributed by atoms with van der Waals surface area (Å²) in [5.74, 6) is -0.852. The number of H-pyrrole nitrogens is 1. The summed E-state index contributed by atoms with van der Waals surface area (Å²) in [5.41, 5.74) is 0.846. The van der Waals surface area contributed by atoms with Crippen LogP contribution in [0.5, 0.6) is 0 Å². The van der Waals surface area contributed by atoms with Crippen LogP contribution in [0.1, 0.15) is 40.4 Å². The van der Waals surface area contributed by atoms with Gasteiger partial charge in [-0.2, -0.15) is 0 Å². The molecular weight excluding hydrogens is 182 g/mol. The Morgan fingerprint density at radius 1 is 1.57 bits per heavy atom. The summed E-state index contributed by atoms with van der Waals surface area (Å²) in [6.45, 7) is 1.76. The molecule has 0 amide bonds. The molecule has 1 saturated carbocycles. The zero-order chi connectivity index (χ0) is 10.3. The van der Waals surface area contributed by atoms with Crippen LogP contribution in [0.15, 0.2) is 10.9 Å². The van der Waals surface area contributed by atoms with E-state index in [4.69, 9.17) is 5.11 Å². The van der Waals surface area contributed by atoms with Gasteiger partial charge in [-0.05, 0) is 37.3 Å². The number of carboxylic acid groups (broad SMARTS) is 1. The maximum absolute atomic E-state index is 11.4. The van der Waals surface area contributed by atoms with Crippen molar-refractivity contribution in [3.05, 3.63) is 33.2 Å². The molecule has 14 heavy (non-hydrogen) atoms. The summed E-state index contributed by atoms with van der Waals surface area (Å²) in [6.07, 6.45) is 1.98. The monoisotopic (exact) mass is 193 g/mol. The molecular formula is C10H11NO3. The Balaban J connectivity index is 2.65. The first kappa shape index (κ1) is 8.99. The van der Waals surface area contributed by atoms with E-state index >= 15 is 0 Å². The van der Waals surface area contributed by atoms with E-state index in [0.29, 0.717) is 5.56 Å². The summed E-state index contributed by atoms with van der Waals surface area (Å²) >= 11 is 0. The minimum absolute atomic E-state index is 0.0851. The number of hydrogen-bond donors (Lipinski definition) is 2. The number of carbonyl (C=O) groups is 1. The third-order valence-corrected chi connectivity index (χ3v) is 2.43. The maximum Gasteiger partial charge on any atom is 0.341 e. The van der Waals surface area contributed by atoms with Crippen LogP contribution in [-0.4, -0.2) is 16.1 Å². The largest absolute Gasteiger partial charge is 0.477 e. The highest BCUT2D eigenvalue weighted by atomic mass is 16.4. The predicted octanol–water partition coefficient (Wildman–Crippen LogP) is 1.26. The molecule has 4 nitrogen and oxygen atoms in total. The lowest BCUT2D eigenvalue weighted by atomic mass is 10.0. The minimum Gasteiger partial charge on any atom is -0.477 e. The molecule has 0 aliphatic heterocycles. The number of aryl methyl sites for hydroxylation is 1. The lowest BCUT2D eigenvalue weighted by molar-refractivity contribution is 0.0693. The third-order valence-electron chi connectivity index (χ3n) is 2.43. The Bertz CT molecular complexity index is 443. The minimum atomic E-state index is -1.13. The molecule has 0 saturated heterocycles. The Labute approximate surface area is 80.6 Å². The second-order valence-corrected chi connectivity index (χ2v) is 3.69. The van der Waals surface area contributed by atoms with Gasteiger partial charge < -0.3 is 10.1 Å². The van der Waals surface area contributed by atoms with Crippen LogP contribution in [-0.2, 0) is 0 Å². The number of aromatic nitrogens is 1. The summed E-state index contributed by atoms with van der Waals surface area (Å²) in [4.78, 5) is 24.8. The molecule has 74 valence electrons. The van der Waals surface area contributed by atoms with Gasteiger partial charge in [0.25, 0.3) is 5.56 Å². The van der Waals surface area contributed by atoms with E-state index in [1.54, 1.807) is 13.0 Å². The number of aromatic carboxylic acids is 1. The molecule has 0 bridgehead atoms. The molecule has 0 unspecified atom stereocenters. The Kier molecular flexibility index (Phi) is 1.91. The highest BCUT2D eigenvalue weighted by Crippen LogP contribution is 2.41. The predicted molar refractivity (Wildman–Crippen MR) is 50.7 cm³/mol. The molecule has 1 aromatic heterocycles. The molecule has 0 spiro atoms. The van der Waals surface area contributed by atoms with E-state index in [1.807, 2.05) is 0 Å². The van der Waals surface area contributed by atoms with E-state index in [1.165, 1.54) is 0 Å². The van der Waals surface area contributed by atoms with Crippen LogP contribution in [0.3, 0.4) is 0 Å². The van der Waals surface area contributed by atoms with Gasteiger partial charge in [0, 0.05) is 5.69 Å². The first-order valence-electron chi connectivity index (χ1n) is 4.56. The third kappa shape index (κ3) is 1.43. The number of pyridine rings is 1. The zero-order valence-corrected chi connectivity index (χ0v) is 7.83. The van der Waals surface area contributed by atoms with Gasteiger partial charge in [-0.15, -0.1) is 0 Å². The lowest BCUT2D eigenvalue weighted by Crippen LogP contribution is -2.20. The SMILES string of the molecule is Cc1cc(C2CC2)c(C(=O)O)c(=O)[nH]1. The van der Waals surface area contributed by atoms with Gasteiger partial charge in [0.05, 0.1) is 0 Å². The van der Waals surface area contributed by atoms with Gasteiger partial charge in [0.1, 0.15) is 5.56 Å². The fourth-order valence-electron chi connectivity index (χ4n) is 1.65. The molecule has 2 rings (SSSR count). The van der Waals surface area contributed by atoms with Gasteiger partial charge in [0.15, 0.2) is 0 Å². The molecule has 1 heterocycles. The first-order valence-corrected chi connectivity index (χ1v) is 4.56. The van der Waals surface area contributed by atoms with Gasteiger partial charge in [-0.3, -0.25) is 4.79 Å². The van der Waals surface area contributed by atoms with Crippen LogP contribution in [0, 0.1) is 6.92 Å². The number of carboxylic acids is 1. The molecule has 0 atom stereocenters. The fraction of sp³-hybridized carbons (Fsp3) is 0.400. The lowest BCUT2D eigenvalue weighted by Gasteiger charge is -2.04. The van der Waals surface area contributed by atoms with E-state index in [2.05, 4.69) is 4.98 Å². The zero-order valence-electron chi connectivity index (χ0n) is 7.83. The molecule has 1 aliphatic rings. The van der Waals surface area contributed by atoms with E-state index in [9.17, 15) is 9.59 Å². The molecule has 2 N–H and O–H groups in total. The second-order valence-electron chi connectivity index (χ2n) is 3.69. The highest BCUT2D eigenvalue weighted by Gasteiger charge is 2.29. The van der Waals surface area contributed by atoms with Crippen molar-refractivity contribution in [1.29, 1.82) is 0 Å². The van der Waals surface area contributed by atoms with Gasteiger partial charge in [-0.25, -0.2) is 4.79 Å². The molecule has 0 aromatic carbocycles. The Morgan fingerprint density at radius 2 is 2.21 bits per heavy atom. The van der Waals surface area contributed by atoms with E-state index in [0.717, 1.165) is 18.5 Å². The van der Waals surface area contributed by atoms with Crippen molar-refractivity contribution in [1.82, 2.24) is 4.98 Å². The van der Waals surface area contributed by atoms with Crippen LogP contribution >= 0.6 is 0 Å². The van der Waals surface area contributed by atoms with E-state index < -0.39 is 11.5 Å². The first-order chi connectivity index (χ1) is 6.59. The maximum atomic E-state index is 11.4. The molecule has 1 aromatic rings. The average molecular weight is 193 g/mol. The van der Waals surface area contributed by atoms with Gasteiger partial charge in [-0.1, -0.05) is 0 Å². The van der Waals surface area contributed by atoms with Gasteiger partial charge in [0.2, 0.25) is 0 Å². The second kappa shape index (κ2) is 2.97. The summed E-state index contributed by atoms with van der Waals surface area (Å²) in [5, 5.41) is 8.89. The normalized spacial score (nSPS) is 15.5. The average Bonchev–Trinajstić information content (AvgIpc) is 2.82. The standard InChI is InChI=1S/C10H11NO3/c1-5-4-7(6-2-3-6)8(10(13)14)9(12)11-5/h4,6H,2-3H2,1H3,(H,11,12)(H,13,14). The molecule has 4 heteroatoms. The topological polar surface area (TPSA) is 70.2 Å². The fourth-order valence-corrected chi connectivity index (χ4v) is 1.65. The van der Waals surface area contributed by atoms with Crippen molar-refractivity contribution < 1.29 is 9.90 Å². The number of nitrogens with one attached hydrogen (secondary N) is 1. The van der Waals surface area contributed by atoms with Crippen LogP contribution in [0.4, 0.5) is 0 Å². The van der Waals surface area contributed by atoms with Gasteiger partial charge >= 0.3 is 5.97 Å². The summed E-state index contributed by atoms with van der Waals surface area (Å²) in [6, 6.07) is 1.77. The van der Waals surface area contributed by atoms with Crippen molar-refractivity contribution >= 4 is 5.97 Å². The molecule has 1 aliphatic carbocycles. The van der Waals surface area contributed by atoms with Crippen LogP contribution in [0.25, 0.3) is 0 Å². The van der Waals surface area contributed by atoms with Crippen molar-refractivity contribution in [3.63, 3.8) is 0 Å². The number of aromatic amines is 1. The molecule has 1 fully saturated rings. The number of hydrogen-bond acceptors (Lipinski definition) is 2. The Hall–Kier alpha value is -1.58. The summed E-state index contributed by atoms with van der Waals surface area (Å²) in [7, 11) is 0. The quantitative estimate of drug-likeness (QED) is 0.742. The highest BCUT2D eigenvalue weighted by molar-refractivity contribution is 5.89.